The van der Waals surface area contributed by atoms with Crippen LogP contribution in [-0.4, -0.2) is 41.4 Å². The number of rotatable bonds is 6. The van der Waals surface area contributed by atoms with E-state index in [1.54, 1.807) is 10.7 Å². The largest absolute Gasteiger partial charge is 0.492 e. The molecule has 1 aliphatic rings. The van der Waals surface area contributed by atoms with Crippen molar-refractivity contribution in [1.82, 2.24) is 20.4 Å². The van der Waals surface area contributed by atoms with Gasteiger partial charge in [0.15, 0.2) is 0 Å². The number of ether oxygens (including phenoxy) is 1. The van der Waals surface area contributed by atoms with Crippen LogP contribution in [-0.2, 0) is 11.8 Å². The van der Waals surface area contributed by atoms with Gasteiger partial charge >= 0.3 is 0 Å². The smallest absolute Gasteiger partial charge is 0.224 e. The van der Waals surface area contributed by atoms with Crippen LogP contribution in [0.3, 0.4) is 0 Å². The van der Waals surface area contributed by atoms with Crippen molar-refractivity contribution < 1.29 is 9.53 Å². The van der Waals surface area contributed by atoms with Gasteiger partial charge in [0.05, 0.1) is 18.7 Å². The Labute approximate surface area is 148 Å². The maximum atomic E-state index is 12.2. The second-order valence-electron chi connectivity index (χ2n) is 6.49. The number of hydrogen-bond donors (Lipinski definition) is 2. The van der Waals surface area contributed by atoms with Gasteiger partial charge in [-0.15, -0.1) is 0 Å². The van der Waals surface area contributed by atoms with E-state index in [0.29, 0.717) is 13.2 Å². The minimum absolute atomic E-state index is 0.0518. The zero-order valence-electron chi connectivity index (χ0n) is 14.8. The van der Waals surface area contributed by atoms with Crippen LogP contribution < -0.4 is 15.4 Å². The molecular weight excluding hydrogens is 316 g/mol. The second kappa shape index (κ2) is 8.16. The number of hydrogen-bond acceptors (Lipinski definition) is 4. The fraction of sp³-hybridized carbons (Fsp3) is 0.474. The average Bonchev–Trinajstić information content (AvgIpc) is 3.06. The Morgan fingerprint density at radius 2 is 2.36 bits per heavy atom. The van der Waals surface area contributed by atoms with Crippen molar-refractivity contribution in [3.63, 3.8) is 0 Å². The molecule has 1 aromatic heterocycles. The molecule has 0 unspecified atom stereocenters. The Balaban J connectivity index is 1.47. The monoisotopic (exact) mass is 341 g/mol. The van der Waals surface area contributed by atoms with E-state index in [2.05, 4.69) is 28.7 Å². The number of aryl methyl sites for hydroxylation is 1. The number of carbonyl (C=O) groups is 1. The number of nitrogens with one attached hydrogen (secondary N) is 2. The lowest BCUT2D eigenvalue weighted by Crippen LogP contribution is -2.47. The van der Waals surface area contributed by atoms with Gasteiger partial charge in [0.2, 0.25) is 5.91 Å². The van der Waals surface area contributed by atoms with E-state index in [1.807, 2.05) is 31.6 Å². The maximum absolute atomic E-state index is 12.2. The molecule has 6 heteroatoms. The predicted octanol–water partition coefficient (Wildman–Crippen LogP) is 1.77. The third kappa shape index (κ3) is 4.60. The average molecular weight is 341 g/mol. The first kappa shape index (κ1) is 17.5. The van der Waals surface area contributed by atoms with Crippen LogP contribution in [0, 0.1) is 12.0 Å². The maximum Gasteiger partial charge on any atom is 0.224 e. The molecule has 1 aliphatic heterocycles. The summed E-state index contributed by atoms with van der Waals surface area (Å²) in [6.45, 7) is 4.00. The first-order valence-electron chi connectivity index (χ1n) is 8.77. The Bertz CT molecular complexity index is 713. The van der Waals surface area contributed by atoms with Crippen molar-refractivity contribution in [2.75, 3.05) is 19.7 Å². The van der Waals surface area contributed by atoms with Crippen LogP contribution in [0.4, 0.5) is 0 Å². The van der Waals surface area contributed by atoms with Crippen molar-refractivity contribution in [3.05, 3.63) is 36.7 Å². The quantitative estimate of drug-likeness (QED) is 0.786. The summed E-state index contributed by atoms with van der Waals surface area (Å²) in [5.41, 5.74) is 2.04. The molecule has 1 radical (unpaired) electrons. The summed E-state index contributed by atoms with van der Waals surface area (Å²) in [7, 11) is 1.89. The predicted molar refractivity (Wildman–Crippen MR) is 96.2 cm³/mol. The van der Waals surface area contributed by atoms with Crippen LogP contribution in [0.2, 0.25) is 0 Å². The molecule has 2 aromatic rings. The fourth-order valence-electron chi connectivity index (χ4n) is 3.15. The molecular formula is C19H25N4O2. The summed E-state index contributed by atoms with van der Waals surface area (Å²) < 4.78 is 7.51. The van der Waals surface area contributed by atoms with Crippen molar-refractivity contribution >= 4 is 5.91 Å². The Morgan fingerprint density at radius 3 is 3.12 bits per heavy atom. The highest BCUT2D eigenvalue weighted by Crippen LogP contribution is 2.23. The highest BCUT2D eigenvalue weighted by atomic mass is 16.5. The lowest BCUT2D eigenvalue weighted by Gasteiger charge is -2.28. The normalized spacial score (nSPS) is 20.2. The van der Waals surface area contributed by atoms with Crippen molar-refractivity contribution in [2.24, 2.45) is 13.0 Å². The zero-order chi connectivity index (χ0) is 17.6. The van der Waals surface area contributed by atoms with Crippen LogP contribution in [0.1, 0.15) is 19.8 Å². The Hall–Kier alpha value is -2.34. The van der Waals surface area contributed by atoms with Gasteiger partial charge < -0.3 is 15.4 Å². The molecule has 0 saturated carbocycles. The summed E-state index contributed by atoms with van der Waals surface area (Å²) in [6, 6.07) is 8.99. The molecule has 0 spiro atoms. The summed E-state index contributed by atoms with van der Waals surface area (Å²) in [6.07, 6.45) is 5.76. The lowest BCUT2D eigenvalue weighted by atomic mass is 9.91. The van der Waals surface area contributed by atoms with Gasteiger partial charge in [0.25, 0.3) is 0 Å². The van der Waals surface area contributed by atoms with Crippen molar-refractivity contribution in [1.29, 1.82) is 0 Å². The SMILES string of the molecule is C[C@@H]1NCCC[C@H]1C(=O)NCCOc1c[c]cc(-c2cnn(C)c2)c1. The highest BCUT2D eigenvalue weighted by Gasteiger charge is 2.26. The molecule has 1 aromatic carbocycles. The molecule has 25 heavy (non-hydrogen) atoms. The standard InChI is InChI=1S/C19H25N4O2/c1-14-18(7-4-8-20-14)19(24)21-9-10-25-17-6-3-5-15(11-17)16-12-22-23(2)13-16/h5-6,11-14,18,20H,4,7-10H2,1-2H3,(H,21,24)/t14-,18+/m0/s1. The molecule has 1 saturated heterocycles. The minimum Gasteiger partial charge on any atom is -0.492 e. The number of carbonyl (C=O) groups excluding carboxylic acids is 1. The summed E-state index contributed by atoms with van der Waals surface area (Å²) in [5.74, 6) is 0.901. The first-order valence-corrected chi connectivity index (χ1v) is 8.77. The van der Waals surface area contributed by atoms with Crippen molar-refractivity contribution in [2.45, 2.75) is 25.8 Å². The molecule has 2 atom stereocenters. The van der Waals surface area contributed by atoms with E-state index in [-0.39, 0.29) is 17.9 Å². The van der Waals surface area contributed by atoms with E-state index in [1.165, 1.54) is 0 Å². The summed E-state index contributed by atoms with van der Waals surface area (Å²) in [5, 5.41) is 10.5. The van der Waals surface area contributed by atoms with Gasteiger partial charge in [-0.2, -0.15) is 5.10 Å². The Kier molecular flexibility index (Phi) is 5.71. The number of amides is 1. The first-order chi connectivity index (χ1) is 12.1. The number of benzene rings is 1. The molecule has 3 rings (SSSR count). The molecule has 0 bridgehead atoms. The second-order valence-corrected chi connectivity index (χ2v) is 6.49. The number of nitrogens with zero attached hydrogens (tertiary/aromatic N) is 2. The molecule has 6 nitrogen and oxygen atoms in total. The fourth-order valence-corrected chi connectivity index (χ4v) is 3.15. The summed E-state index contributed by atoms with van der Waals surface area (Å²) in [4.78, 5) is 12.2. The van der Waals surface area contributed by atoms with Gasteiger partial charge in [-0.3, -0.25) is 9.48 Å². The molecule has 133 valence electrons. The van der Waals surface area contributed by atoms with Gasteiger partial charge in [-0.05, 0) is 56.1 Å². The third-order valence-corrected chi connectivity index (χ3v) is 4.57. The van der Waals surface area contributed by atoms with Gasteiger partial charge in [0.1, 0.15) is 12.4 Å². The molecule has 2 N–H and O–H groups in total. The molecule has 0 aliphatic carbocycles. The third-order valence-electron chi connectivity index (χ3n) is 4.57. The minimum atomic E-state index is 0.0518. The number of piperidine rings is 1. The molecule has 1 fully saturated rings. The topological polar surface area (TPSA) is 68.2 Å². The van der Waals surface area contributed by atoms with Gasteiger partial charge in [0, 0.05) is 24.8 Å². The van der Waals surface area contributed by atoms with Crippen LogP contribution in [0.15, 0.2) is 30.6 Å². The zero-order valence-corrected chi connectivity index (χ0v) is 14.8. The molecule has 2 heterocycles. The van der Waals surface area contributed by atoms with Gasteiger partial charge in [-0.25, -0.2) is 0 Å². The van der Waals surface area contributed by atoms with Gasteiger partial charge in [-0.1, -0.05) is 0 Å². The van der Waals surface area contributed by atoms with Crippen LogP contribution >= 0.6 is 0 Å². The van der Waals surface area contributed by atoms with E-state index in [9.17, 15) is 4.79 Å². The molecule has 1 amide bonds. The van der Waals surface area contributed by atoms with E-state index >= 15 is 0 Å². The summed E-state index contributed by atoms with van der Waals surface area (Å²) >= 11 is 0. The highest BCUT2D eigenvalue weighted by molar-refractivity contribution is 5.79. The van der Waals surface area contributed by atoms with Crippen LogP contribution in [0.5, 0.6) is 5.75 Å². The van der Waals surface area contributed by atoms with Crippen molar-refractivity contribution in [3.8, 4) is 16.9 Å². The van der Waals surface area contributed by atoms with E-state index in [0.717, 1.165) is 36.3 Å². The Morgan fingerprint density at radius 1 is 1.48 bits per heavy atom. The lowest BCUT2D eigenvalue weighted by molar-refractivity contribution is -0.126. The van der Waals surface area contributed by atoms with E-state index in [4.69, 9.17) is 4.74 Å². The van der Waals surface area contributed by atoms with Crippen LogP contribution in [0.25, 0.3) is 11.1 Å². The number of aromatic nitrogens is 2. The van der Waals surface area contributed by atoms with E-state index < -0.39 is 0 Å².